The molecule has 0 saturated heterocycles. The Morgan fingerprint density at radius 2 is 1.90 bits per heavy atom. The Labute approximate surface area is 131 Å². The highest BCUT2D eigenvalue weighted by atomic mass is 35.6. The average molecular weight is 343 g/mol. The topological polar surface area (TPSA) is 67.8 Å². The highest BCUT2D eigenvalue weighted by Crippen LogP contribution is 2.29. The maximum atomic E-state index is 11.7. The number of halogens is 3. The molecule has 0 aliphatic rings. The van der Waals surface area contributed by atoms with E-state index < -0.39 is 15.9 Å². The van der Waals surface area contributed by atoms with Crippen LogP contribution in [0.5, 0.6) is 11.5 Å². The number of ether oxygens (including phenoxy) is 2. The smallest absolute Gasteiger partial charge is 0.234 e. The molecule has 0 heterocycles. The van der Waals surface area contributed by atoms with E-state index in [1.165, 1.54) is 14.2 Å². The molecule has 0 aliphatic heterocycles. The summed E-state index contributed by atoms with van der Waals surface area (Å²) in [7, 11) is 3.01. The van der Waals surface area contributed by atoms with Gasteiger partial charge in [0.05, 0.1) is 20.6 Å². The second kappa shape index (κ2) is 7.22. The Bertz CT molecular complexity index is 476. The van der Waals surface area contributed by atoms with Crippen LogP contribution in [0.4, 0.5) is 0 Å². The van der Waals surface area contributed by atoms with Crippen LogP contribution in [0.2, 0.25) is 0 Å². The number of carbonyl (C=O) groups is 1. The normalized spacial score (nSPS) is 12.7. The Hall–Kier alpha value is -0.880. The van der Waals surface area contributed by atoms with Crippen molar-refractivity contribution in [2.45, 2.75) is 16.4 Å². The summed E-state index contributed by atoms with van der Waals surface area (Å²) in [6.45, 7) is 0. The molecule has 0 saturated carbocycles. The van der Waals surface area contributed by atoms with Gasteiger partial charge in [0.15, 0.2) is 17.7 Å². The van der Waals surface area contributed by atoms with Gasteiger partial charge < -0.3 is 19.9 Å². The third-order valence-corrected chi connectivity index (χ3v) is 3.04. The molecular weight excluding hydrogens is 328 g/mol. The van der Waals surface area contributed by atoms with E-state index in [4.69, 9.17) is 44.3 Å². The summed E-state index contributed by atoms with van der Waals surface area (Å²) < 4.78 is 8.23. The molecule has 1 rings (SSSR count). The first-order chi connectivity index (χ1) is 9.27. The number of rotatable bonds is 5. The lowest BCUT2D eigenvalue weighted by Gasteiger charge is -2.20. The Kier molecular flexibility index (Phi) is 6.20. The summed E-state index contributed by atoms with van der Waals surface area (Å²) in [5.74, 6) is 0.564. The van der Waals surface area contributed by atoms with E-state index in [-0.39, 0.29) is 6.42 Å². The first-order valence-corrected chi connectivity index (χ1v) is 6.66. The van der Waals surface area contributed by atoms with Crippen molar-refractivity contribution in [1.82, 2.24) is 5.32 Å². The summed E-state index contributed by atoms with van der Waals surface area (Å²) in [5, 5.41) is 11.6. The molecule has 5 nitrogen and oxygen atoms in total. The number of amides is 1. The van der Waals surface area contributed by atoms with Crippen LogP contribution in [0.15, 0.2) is 18.2 Å². The van der Waals surface area contributed by atoms with Crippen LogP contribution in [0.1, 0.15) is 5.56 Å². The third-order valence-electron chi connectivity index (χ3n) is 2.42. The molecule has 1 unspecified atom stereocenters. The van der Waals surface area contributed by atoms with Gasteiger partial charge in [-0.2, -0.15) is 0 Å². The zero-order chi connectivity index (χ0) is 15.3. The fraction of sp³-hybridized carbons (Fsp3) is 0.417. The van der Waals surface area contributed by atoms with Gasteiger partial charge in [-0.05, 0) is 17.7 Å². The van der Waals surface area contributed by atoms with Crippen LogP contribution in [0, 0.1) is 0 Å². The van der Waals surface area contributed by atoms with E-state index in [0.717, 1.165) is 0 Å². The number of benzene rings is 1. The molecule has 1 aromatic carbocycles. The van der Waals surface area contributed by atoms with Gasteiger partial charge in [-0.25, -0.2) is 0 Å². The fourth-order valence-electron chi connectivity index (χ4n) is 1.46. The van der Waals surface area contributed by atoms with Crippen molar-refractivity contribution in [3.8, 4) is 11.5 Å². The first-order valence-electron chi connectivity index (χ1n) is 5.53. The van der Waals surface area contributed by atoms with Gasteiger partial charge in [0, 0.05) is 0 Å². The van der Waals surface area contributed by atoms with E-state index in [2.05, 4.69) is 5.32 Å². The monoisotopic (exact) mass is 341 g/mol. The van der Waals surface area contributed by atoms with Crippen molar-refractivity contribution in [2.24, 2.45) is 0 Å². The average Bonchev–Trinajstić information content (AvgIpc) is 2.37. The van der Waals surface area contributed by atoms with Crippen molar-refractivity contribution in [3.05, 3.63) is 23.8 Å². The molecule has 1 atom stereocenters. The Morgan fingerprint density at radius 3 is 2.40 bits per heavy atom. The van der Waals surface area contributed by atoms with Crippen LogP contribution >= 0.6 is 34.8 Å². The van der Waals surface area contributed by atoms with Gasteiger partial charge >= 0.3 is 0 Å². The number of alkyl halides is 3. The summed E-state index contributed by atoms with van der Waals surface area (Å²) in [5.41, 5.74) is 0.664. The van der Waals surface area contributed by atoms with Gasteiger partial charge in [-0.1, -0.05) is 40.9 Å². The number of hydrogen-bond donors (Lipinski definition) is 2. The largest absolute Gasteiger partial charge is 0.493 e. The minimum atomic E-state index is -1.98. The van der Waals surface area contributed by atoms with Crippen LogP contribution in [-0.4, -0.2) is 35.3 Å². The number of aliphatic hydroxyl groups is 1. The molecule has 1 aromatic rings. The summed E-state index contributed by atoms with van der Waals surface area (Å²) in [4.78, 5) is 11.7. The van der Waals surface area contributed by atoms with Gasteiger partial charge in [0.25, 0.3) is 0 Å². The molecule has 1 amide bonds. The molecular formula is C12H14Cl3NO4. The van der Waals surface area contributed by atoms with Crippen LogP contribution in [0.25, 0.3) is 0 Å². The summed E-state index contributed by atoms with van der Waals surface area (Å²) in [6, 6.07) is 5.02. The quantitative estimate of drug-likeness (QED) is 0.635. The van der Waals surface area contributed by atoms with Gasteiger partial charge in [-0.3, -0.25) is 4.79 Å². The van der Waals surface area contributed by atoms with Crippen LogP contribution < -0.4 is 14.8 Å². The van der Waals surface area contributed by atoms with Gasteiger partial charge in [0.2, 0.25) is 9.70 Å². The van der Waals surface area contributed by atoms with E-state index in [0.29, 0.717) is 17.1 Å². The van der Waals surface area contributed by atoms with E-state index in [1.807, 2.05) is 0 Å². The second-order valence-electron chi connectivity index (χ2n) is 3.88. The zero-order valence-electron chi connectivity index (χ0n) is 10.8. The molecule has 0 fully saturated rings. The number of aliphatic hydroxyl groups excluding tert-OH is 1. The lowest BCUT2D eigenvalue weighted by molar-refractivity contribution is -0.123. The summed E-state index contributed by atoms with van der Waals surface area (Å²) in [6.07, 6.45) is -1.59. The lowest BCUT2D eigenvalue weighted by atomic mass is 10.1. The molecule has 8 heteroatoms. The van der Waals surface area contributed by atoms with Crippen LogP contribution in [0.3, 0.4) is 0 Å². The third kappa shape index (κ3) is 4.90. The van der Waals surface area contributed by atoms with E-state index in [9.17, 15) is 9.90 Å². The number of hydrogen-bond acceptors (Lipinski definition) is 4. The SMILES string of the molecule is COc1ccc(CC(=O)NC(O)C(Cl)(Cl)Cl)cc1OC. The molecule has 2 N–H and O–H groups in total. The minimum Gasteiger partial charge on any atom is -0.493 e. The Balaban J connectivity index is 2.71. The molecule has 112 valence electrons. The fourth-order valence-corrected chi connectivity index (χ4v) is 1.63. The first kappa shape index (κ1) is 17.2. The molecule has 20 heavy (non-hydrogen) atoms. The number of nitrogens with one attached hydrogen (secondary N) is 1. The van der Waals surface area contributed by atoms with Gasteiger partial charge in [0.1, 0.15) is 0 Å². The van der Waals surface area contributed by atoms with Crippen molar-refractivity contribution < 1.29 is 19.4 Å². The predicted octanol–water partition coefficient (Wildman–Crippen LogP) is 2.05. The van der Waals surface area contributed by atoms with E-state index in [1.54, 1.807) is 18.2 Å². The zero-order valence-corrected chi connectivity index (χ0v) is 13.1. The van der Waals surface area contributed by atoms with Crippen molar-refractivity contribution >= 4 is 40.7 Å². The maximum absolute atomic E-state index is 11.7. The number of methoxy groups -OCH3 is 2. The molecule has 0 aromatic heterocycles. The van der Waals surface area contributed by atoms with E-state index >= 15 is 0 Å². The highest BCUT2D eigenvalue weighted by molar-refractivity contribution is 6.68. The highest BCUT2D eigenvalue weighted by Gasteiger charge is 2.31. The molecule has 0 spiro atoms. The second-order valence-corrected chi connectivity index (χ2v) is 6.25. The van der Waals surface area contributed by atoms with Crippen LogP contribution in [-0.2, 0) is 11.2 Å². The predicted molar refractivity (Wildman–Crippen MR) is 77.7 cm³/mol. The molecule has 0 aliphatic carbocycles. The lowest BCUT2D eigenvalue weighted by Crippen LogP contribution is -2.44. The van der Waals surface area contributed by atoms with Crippen molar-refractivity contribution in [3.63, 3.8) is 0 Å². The van der Waals surface area contributed by atoms with Crippen molar-refractivity contribution in [1.29, 1.82) is 0 Å². The Morgan fingerprint density at radius 1 is 1.30 bits per heavy atom. The molecule has 0 radical (unpaired) electrons. The van der Waals surface area contributed by atoms with Gasteiger partial charge in [-0.15, -0.1) is 0 Å². The standard InChI is InChI=1S/C12H14Cl3NO4/c1-19-8-4-3-7(5-9(8)20-2)6-10(17)16-11(18)12(13,14)15/h3-5,11,18H,6H2,1-2H3,(H,16,17). The molecule has 0 bridgehead atoms. The minimum absolute atomic E-state index is 0.00182. The summed E-state index contributed by atoms with van der Waals surface area (Å²) >= 11 is 16.3. The van der Waals surface area contributed by atoms with Crippen molar-refractivity contribution in [2.75, 3.05) is 14.2 Å². The maximum Gasteiger partial charge on any atom is 0.234 e. The number of carbonyl (C=O) groups excluding carboxylic acids is 1.